The van der Waals surface area contributed by atoms with Gasteiger partial charge < -0.3 is 14.8 Å². The van der Waals surface area contributed by atoms with E-state index in [4.69, 9.17) is 14.6 Å². The van der Waals surface area contributed by atoms with Gasteiger partial charge in [-0.15, -0.1) is 11.8 Å². The molecule has 0 spiro atoms. The van der Waals surface area contributed by atoms with Crippen LogP contribution < -0.4 is 19.9 Å². The van der Waals surface area contributed by atoms with Crippen molar-refractivity contribution in [3.8, 4) is 11.5 Å². The van der Waals surface area contributed by atoms with Gasteiger partial charge in [0.1, 0.15) is 16.4 Å². The summed E-state index contributed by atoms with van der Waals surface area (Å²) in [5.74, 6) is 0.795. The zero-order valence-electron chi connectivity index (χ0n) is 14.4. The van der Waals surface area contributed by atoms with Gasteiger partial charge in [0.15, 0.2) is 0 Å². The first kappa shape index (κ1) is 20.1. The predicted molar refractivity (Wildman–Crippen MR) is 101 cm³/mol. The summed E-state index contributed by atoms with van der Waals surface area (Å²) in [6.07, 6.45) is 0. The number of benzene rings is 2. The molecule has 0 saturated carbocycles. The number of sulfonamides is 1. The van der Waals surface area contributed by atoms with E-state index in [2.05, 4.69) is 5.32 Å². The molecule has 1 amide bonds. The normalized spacial score (nSPS) is 11.0. The van der Waals surface area contributed by atoms with Gasteiger partial charge in [-0.3, -0.25) is 4.79 Å². The second-order valence-corrected chi connectivity index (χ2v) is 7.73. The number of hydrogen-bond acceptors (Lipinski definition) is 6. The number of amides is 1. The van der Waals surface area contributed by atoms with Crippen LogP contribution in [0.2, 0.25) is 0 Å². The number of nitrogens with one attached hydrogen (secondary N) is 1. The van der Waals surface area contributed by atoms with Crippen molar-refractivity contribution in [3.05, 3.63) is 42.5 Å². The molecule has 140 valence electrons. The largest absolute Gasteiger partial charge is 0.495 e. The van der Waals surface area contributed by atoms with Gasteiger partial charge in [0.2, 0.25) is 15.9 Å². The second kappa shape index (κ2) is 8.93. The molecule has 0 heterocycles. The summed E-state index contributed by atoms with van der Waals surface area (Å²) in [5, 5.41) is 7.81. The first-order valence-corrected chi connectivity index (χ1v) is 10.2. The molecule has 0 fully saturated rings. The minimum absolute atomic E-state index is 0.120. The van der Waals surface area contributed by atoms with Crippen molar-refractivity contribution in [2.24, 2.45) is 5.14 Å². The van der Waals surface area contributed by atoms with Crippen LogP contribution >= 0.6 is 11.8 Å². The SMILES string of the molecule is CCOc1ccc(SCC(=O)Nc2ccc(OC)c(S(N)(=O)=O)c2)cc1. The van der Waals surface area contributed by atoms with E-state index >= 15 is 0 Å². The lowest BCUT2D eigenvalue weighted by atomic mass is 10.3. The van der Waals surface area contributed by atoms with Crippen LogP contribution in [-0.2, 0) is 14.8 Å². The van der Waals surface area contributed by atoms with Crippen molar-refractivity contribution in [2.45, 2.75) is 16.7 Å². The highest BCUT2D eigenvalue weighted by molar-refractivity contribution is 8.00. The highest BCUT2D eigenvalue weighted by atomic mass is 32.2. The number of methoxy groups -OCH3 is 1. The number of ether oxygens (including phenoxy) is 2. The van der Waals surface area contributed by atoms with Gasteiger partial charge in [-0.1, -0.05) is 0 Å². The summed E-state index contributed by atoms with van der Waals surface area (Å²) in [6, 6.07) is 11.7. The third-order valence-electron chi connectivity index (χ3n) is 3.26. The van der Waals surface area contributed by atoms with Gasteiger partial charge in [-0.2, -0.15) is 0 Å². The van der Waals surface area contributed by atoms with E-state index < -0.39 is 10.0 Å². The molecule has 2 aromatic carbocycles. The van der Waals surface area contributed by atoms with E-state index in [1.807, 2.05) is 31.2 Å². The molecular weight excluding hydrogens is 376 g/mol. The van der Waals surface area contributed by atoms with E-state index in [0.29, 0.717) is 12.3 Å². The first-order chi connectivity index (χ1) is 12.3. The van der Waals surface area contributed by atoms with Crippen molar-refractivity contribution >= 4 is 33.4 Å². The predicted octanol–water partition coefficient (Wildman–Crippen LogP) is 2.47. The second-order valence-electron chi connectivity index (χ2n) is 5.15. The summed E-state index contributed by atoms with van der Waals surface area (Å²) in [5.41, 5.74) is 0.326. The maximum atomic E-state index is 12.1. The zero-order chi connectivity index (χ0) is 19.2. The Balaban J connectivity index is 1.99. The van der Waals surface area contributed by atoms with E-state index in [1.165, 1.54) is 31.0 Å². The molecule has 0 bridgehead atoms. The summed E-state index contributed by atoms with van der Waals surface area (Å²) < 4.78 is 33.6. The molecule has 0 saturated heterocycles. The average molecular weight is 396 g/mol. The van der Waals surface area contributed by atoms with Crippen molar-refractivity contribution < 1.29 is 22.7 Å². The quantitative estimate of drug-likeness (QED) is 0.664. The van der Waals surface area contributed by atoms with Gasteiger partial charge in [0, 0.05) is 10.6 Å². The van der Waals surface area contributed by atoms with Crippen molar-refractivity contribution in [1.29, 1.82) is 0 Å². The number of carbonyl (C=O) groups excluding carboxylic acids is 1. The first-order valence-electron chi connectivity index (χ1n) is 7.70. The van der Waals surface area contributed by atoms with E-state index in [1.54, 1.807) is 6.07 Å². The standard InChI is InChI=1S/C17H20N2O5S2/c1-3-24-13-5-7-14(8-6-13)25-11-17(20)19-12-4-9-15(23-2)16(10-12)26(18,21)22/h4-10H,3,11H2,1-2H3,(H,19,20)(H2,18,21,22). The van der Waals surface area contributed by atoms with Crippen molar-refractivity contribution in [1.82, 2.24) is 0 Å². The van der Waals surface area contributed by atoms with Gasteiger partial charge in [0.25, 0.3) is 0 Å². The molecule has 2 aromatic rings. The molecule has 7 nitrogen and oxygen atoms in total. The zero-order valence-corrected chi connectivity index (χ0v) is 16.0. The molecule has 0 aliphatic rings. The third kappa shape index (κ3) is 5.65. The third-order valence-corrected chi connectivity index (χ3v) is 5.20. The van der Waals surface area contributed by atoms with Gasteiger partial charge >= 0.3 is 0 Å². The smallest absolute Gasteiger partial charge is 0.241 e. The number of primary sulfonamides is 1. The number of rotatable bonds is 8. The van der Waals surface area contributed by atoms with Crippen LogP contribution in [-0.4, -0.2) is 33.8 Å². The van der Waals surface area contributed by atoms with Crippen LogP contribution in [0.5, 0.6) is 11.5 Å². The van der Waals surface area contributed by atoms with E-state index in [0.717, 1.165) is 10.6 Å². The number of carbonyl (C=O) groups is 1. The molecule has 0 aliphatic heterocycles. The fourth-order valence-electron chi connectivity index (χ4n) is 2.12. The Hall–Kier alpha value is -2.23. The minimum atomic E-state index is -3.96. The monoisotopic (exact) mass is 396 g/mol. The lowest BCUT2D eigenvalue weighted by Crippen LogP contribution is -2.16. The number of hydrogen-bond donors (Lipinski definition) is 2. The molecule has 0 aliphatic carbocycles. The number of anilines is 1. The van der Waals surface area contributed by atoms with Crippen LogP contribution in [0, 0.1) is 0 Å². The summed E-state index contributed by atoms with van der Waals surface area (Å²) >= 11 is 1.36. The highest BCUT2D eigenvalue weighted by Gasteiger charge is 2.16. The Bertz CT molecular complexity index is 867. The Morgan fingerprint density at radius 2 is 1.88 bits per heavy atom. The Morgan fingerprint density at radius 3 is 2.46 bits per heavy atom. The maximum absolute atomic E-state index is 12.1. The Kier molecular flexibility index (Phi) is 6.90. The van der Waals surface area contributed by atoms with Gasteiger partial charge in [0.05, 0.1) is 19.5 Å². The Morgan fingerprint density at radius 1 is 1.19 bits per heavy atom. The van der Waals surface area contributed by atoms with E-state index in [9.17, 15) is 13.2 Å². The van der Waals surface area contributed by atoms with Gasteiger partial charge in [-0.05, 0) is 49.4 Å². The van der Waals surface area contributed by atoms with Crippen LogP contribution in [0.3, 0.4) is 0 Å². The topological polar surface area (TPSA) is 108 Å². The molecule has 2 rings (SSSR count). The minimum Gasteiger partial charge on any atom is -0.495 e. The molecule has 0 radical (unpaired) electrons. The summed E-state index contributed by atoms with van der Waals surface area (Å²) in [6.45, 7) is 2.50. The van der Waals surface area contributed by atoms with E-state index in [-0.39, 0.29) is 22.3 Å². The van der Waals surface area contributed by atoms with Crippen LogP contribution in [0.1, 0.15) is 6.92 Å². The van der Waals surface area contributed by atoms with Crippen molar-refractivity contribution in [3.63, 3.8) is 0 Å². The summed E-state index contributed by atoms with van der Waals surface area (Å²) in [4.78, 5) is 12.8. The fourth-order valence-corrected chi connectivity index (χ4v) is 3.54. The van der Waals surface area contributed by atoms with Crippen LogP contribution in [0.15, 0.2) is 52.3 Å². The molecular formula is C17H20N2O5S2. The summed E-state index contributed by atoms with van der Waals surface area (Å²) in [7, 11) is -2.62. The maximum Gasteiger partial charge on any atom is 0.241 e. The number of nitrogens with two attached hydrogens (primary N) is 1. The van der Waals surface area contributed by atoms with Crippen LogP contribution in [0.25, 0.3) is 0 Å². The van der Waals surface area contributed by atoms with Crippen LogP contribution in [0.4, 0.5) is 5.69 Å². The molecule has 0 atom stereocenters. The average Bonchev–Trinajstić information content (AvgIpc) is 2.60. The lowest BCUT2D eigenvalue weighted by Gasteiger charge is -2.10. The lowest BCUT2D eigenvalue weighted by molar-refractivity contribution is -0.113. The fraction of sp³-hybridized carbons (Fsp3) is 0.235. The number of thioether (sulfide) groups is 1. The molecule has 0 unspecified atom stereocenters. The van der Waals surface area contributed by atoms with Crippen molar-refractivity contribution in [2.75, 3.05) is 24.8 Å². The molecule has 0 aromatic heterocycles. The molecule has 9 heteroatoms. The van der Waals surface area contributed by atoms with Gasteiger partial charge in [-0.25, -0.2) is 13.6 Å². The molecule has 26 heavy (non-hydrogen) atoms. The highest BCUT2D eigenvalue weighted by Crippen LogP contribution is 2.26. The Labute approximate surface area is 156 Å². The molecule has 3 N–H and O–H groups in total.